The standard InChI is InChI=1S/C12H14BO7/c1-18-9-3-2-6-7-4-19-5-8(7)13(16,17)20-11(6)10(9)12(14)15/h2-3,7-8,16-17H,4-5H2,1H3,(H,14,15)/q-1/p-1/t7-,8-/m1/s1. The van der Waals surface area contributed by atoms with E-state index in [4.69, 9.17) is 14.1 Å². The summed E-state index contributed by atoms with van der Waals surface area (Å²) in [4.78, 5) is 11.3. The number of benzene rings is 1. The van der Waals surface area contributed by atoms with Crippen molar-refractivity contribution >= 4 is 12.7 Å². The van der Waals surface area contributed by atoms with Crippen molar-refractivity contribution in [3.63, 3.8) is 0 Å². The summed E-state index contributed by atoms with van der Waals surface area (Å²) in [6.07, 6.45) is 0. The third kappa shape index (κ3) is 1.76. The summed E-state index contributed by atoms with van der Waals surface area (Å²) in [6, 6.07) is 3.15. The zero-order chi connectivity index (χ0) is 14.5. The van der Waals surface area contributed by atoms with Crippen molar-refractivity contribution in [3.05, 3.63) is 23.3 Å². The van der Waals surface area contributed by atoms with Gasteiger partial charge in [-0.05, 0) is 23.4 Å². The van der Waals surface area contributed by atoms with E-state index >= 15 is 0 Å². The highest BCUT2D eigenvalue weighted by Crippen LogP contribution is 2.50. The van der Waals surface area contributed by atoms with Crippen LogP contribution in [0.25, 0.3) is 0 Å². The molecule has 2 aliphatic heterocycles. The molecule has 1 saturated heterocycles. The van der Waals surface area contributed by atoms with Crippen LogP contribution in [0.4, 0.5) is 0 Å². The fourth-order valence-corrected chi connectivity index (χ4v) is 2.94. The molecule has 1 fully saturated rings. The second-order valence-electron chi connectivity index (χ2n) is 5.03. The smallest absolute Gasteiger partial charge is 0.436 e. The first-order chi connectivity index (χ1) is 9.45. The molecule has 108 valence electrons. The van der Waals surface area contributed by atoms with Gasteiger partial charge in [0.25, 0.3) is 0 Å². The maximum atomic E-state index is 11.3. The zero-order valence-corrected chi connectivity index (χ0v) is 10.7. The molecule has 0 bridgehead atoms. The molecule has 0 radical (unpaired) electrons. The third-order valence-corrected chi connectivity index (χ3v) is 3.95. The maximum Gasteiger partial charge on any atom is 0.436 e. The van der Waals surface area contributed by atoms with E-state index in [2.05, 4.69) is 0 Å². The minimum absolute atomic E-state index is 0.0488. The summed E-state index contributed by atoms with van der Waals surface area (Å²) in [6.45, 7) is -2.75. The Bertz CT molecular complexity index is 571. The van der Waals surface area contributed by atoms with Crippen LogP contribution in [0.5, 0.6) is 11.5 Å². The van der Waals surface area contributed by atoms with Crippen molar-refractivity contribution in [1.29, 1.82) is 0 Å². The van der Waals surface area contributed by atoms with Gasteiger partial charge in [0.1, 0.15) is 5.75 Å². The van der Waals surface area contributed by atoms with Crippen LogP contribution in [0.15, 0.2) is 12.1 Å². The number of hydrogen-bond donors (Lipinski definition) is 2. The lowest BCUT2D eigenvalue weighted by molar-refractivity contribution is -0.255. The Morgan fingerprint density at radius 2 is 2.20 bits per heavy atom. The van der Waals surface area contributed by atoms with Gasteiger partial charge in [0.2, 0.25) is 0 Å². The number of ether oxygens (including phenoxy) is 2. The van der Waals surface area contributed by atoms with Gasteiger partial charge in [-0.15, -0.1) is 0 Å². The number of carbonyl (C=O) groups is 1. The highest BCUT2D eigenvalue weighted by atomic mass is 16.6. The van der Waals surface area contributed by atoms with Crippen molar-refractivity contribution in [1.82, 2.24) is 0 Å². The average molecular weight is 280 g/mol. The Hall–Kier alpha value is -1.77. The lowest BCUT2D eigenvalue weighted by Gasteiger charge is -2.45. The molecule has 1 aromatic rings. The molecule has 8 heteroatoms. The van der Waals surface area contributed by atoms with E-state index < -0.39 is 18.5 Å². The molecular weight excluding hydrogens is 267 g/mol. The molecule has 3 rings (SSSR count). The molecule has 0 aromatic heterocycles. The zero-order valence-electron chi connectivity index (χ0n) is 10.7. The monoisotopic (exact) mass is 280 g/mol. The van der Waals surface area contributed by atoms with E-state index in [1.54, 1.807) is 6.07 Å². The summed E-state index contributed by atoms with van der Waals surface area (Å²) in [5.74, 6) is -2.49. The third-order valence-electron chi connectivity index (χ3n) is 3.95. The first kappa shape index (κ1) is 13.2. The van der Waals surface area contributed by atoms with Crippen LogP contribution in [0.2, 0.25) is 5.82 Å². The van der Waals surface area contributed by atoms with Crippen molar-refractivity contribution < 1.29 is 34.1 Å². The highest BCUT2D eigenvalue weighted by molar-refractivity contribution is 6.61. The van der Waals surface area contributed by atoms with Crippen molar-refractivity contribution in [2.75, 3.05) is 20.3 Å². The SMILES string of the molecule is COc1ccc2c(c1C(=O)[O-])O[B-](O)(O)[C@@H]1COC[C@H]21. The number of carbonyl (C=O) groups excluding carboxylic acids is 1. The minimum Gasteiger partial charge on any atom is -0.669 e. The number of methoxy groups -OCH3 is 1. The van der Waals surface area contributed by atoms with Gasteiger partial charge in [-0.25, -0.2) is 0 Å². The Morgan fingerprint density at radius 3 is 2.85 bits per heavy atom. The summed E-state index contributed by atoms with van der Waals surface area (Å²) in [5.41, 5.74) is 0.248. The normalized spacial score (nSPS) is 26.4. The molecule has 0 amide bonds. The van der Waals surface area contributed by atoms with Crippen LogP contribution in [0.1, 0.15) is 21.8 Å². The fraction of sp³-hybridized carbons (Fsp3) is 0.417. The first-order valence-corrected chi connectivity index (χ1v) is 6.24. The summed E-state index contributed by atoms with van der Waals surface area (Å²) in [7, 11) is 1.31. The number of carboxylic acid groups (broad SMARTS) is 1. The maximum absolute atomic E-state index is 11.3. The molecule has 2 atom stereocenters. The van der Waals surface area contributed by atoms with E-state index in [0.29, 0.717) is 5.56 Å². The lowest BCUT2D eigenvalue weighted by atomic mass is 9.56. The van der Waals surface area contributed by atoms with E-state index in [1.165, 1.54) is 13.2 Å². The van der Waals surface area contributed by atoms with Gasteiger partial charge in [0, 0.05) is 6.61 Å². The molecular formula is C12H13BO7-2. The van der Waals surface area contributed by atoms with Gasteiger partial charge in [-0.1, -0.05) is 6.07 Å². The molecule has 0 spiro atoms. The molecule has 2 N–H and O–H groups in total. The Morgan fingerprint density at radius 1 is 1.45 bits per heavy atom. The van der Waals surface area contributed by atoms with E-state index in [-0.39, 0.29) is 36.2 Å². The van der Waals surface area contributed by atoms with Crippen LogP contribution < -0.4 is 14.5 Å². The van der Waals surface area contributed by atoms with Crippen molar-refractivity contribution in [3.8, 4) is 11.5 Å². The molecule has 20 heavy (non-hydrogen) atoms. The largest absolute Gasteiger partial charge is 0.669 e. The second-order valence-corrected chi connectivity index (χ2v) is 5.03. The Balaban J connectivity index is 2.21. The number of fused-ring (bicyclic) bond motifs is 3. The summed E-state index contributed by atoms with van der Waals surface area (Å²) in [5, 5.41) is 31.3. The van der Waals surface area contributed by atoms with E-state index in [1.807, 2.05) is 0 Å². The number of hydrogen-bond acceptors (Lipinski definition) is 7. The Labute approximate surface area is 114 Å². The summed E-state index contributed by atoms with van der Waals surface area (Å²) >= 11 is 0. The van der Waals surface area contributed by atoms with Gasteiger partial charge in [0.15, 0.2) is 0 Å². The van der Waals surface area contributed by atoms with Crippen LogP contribution >= 0.6 is 0 Å². The fourth-order valence-electron chi connectivity index (χ4n) is 2.94. The van der Waals surface area contributed by atoms with Gasteiger partial charge < -0.3 is 34.1 Å². The predicted octanol–water partition coefficient (Wildman–Crippen LogP) is -1.14. The van der Waals surface area contributed by atoms with Crippen LogP contribution in [-0.2, 0) is 4.74 Å². The Kier molecular flexibility index (Phi) is 2.89. The molecule has 1 aromatic carbocycles. The second kappa shape index (κ2) is 4.37. The molecule has 0 unspecified atom stereocenters. The lowest BCUT2D eigenvalue weighted by Crippen LogP contribution is -2.52. The summed E-state index contributed by atoms with van der Waals surface area (Å²) < 4.78 is 15.4. The predicted molar refractivity (Wildman–Crippen MR) is 65.5 cm³/mol. The van der Waals surface area contributed by atoms with Gasteiger partial charge in [-0.2, -0.15) is 0 Å². The molecule has 0 saturated carbocycles. The number of rotatable bonds is 2. The van der Waals surface area contributed by atoms with Crippen LogP contribution in [-0.4, -0.2) is 43.1 Å². The van der Waals surface area contributed by atoms with Gasteiger partial charge in [-0.3, -0.25) is 0 Å². The van der Waals surface area contributed by atoms with Crippen molar-refractivity contribution in [2.24, 2.45) is 0 Å². The first-order valence-electron chi connectivity index (χ1n) is 6.24. The molecule has 2 heterocycles. The van der Waals surface area contributed by atoms with E-state index in [9.17, 15) is 19.9 Å². The van der Waals surface area contributed by atoms with Crippen molar-refractivity contribution in [2.45, 2.75) is 11.7 Å². The van der Waals surface area contributed by atoms with E-state index in [0.717, 1.165) is 0 Å². The minimum atomic E-state index is -3.19. The quantitative estimate of drug-likeness (QED) is 0.659. The molecule has 7 nitrogen and oxygen atoms in total. The average Bonchev–Trinajstić information content (AvgIpc) is 2.87. The van der Waals surface area contributed by atoms with Gasteiger partial charge >= 0.3 is 6.75 Å². The highest BCUT2D eigenvalue weighted by Gasteiger charge is 2.48. The van der Waals surface area contributed by atoms with Crippen LogP contribution in [0.3, 0.4) is 0 Å². The van der Waals surface area contributed by atoms with Gasteiger partial charge in [0.05, 0.1) is 31.0 Å². The molecule has 0 aliphatic carbocycles. The number of carboxylic acids is 1. The van der Waals surface area contributed by atoms with Crippen LogP contribution in [0, 0.1) is 0 Å². The number of aromatic carboxylic acids is 1. The topological polar surface area (TPSA) is 108 Å². The molecule has 2 aliphatic rings.